The molecule has 3 rings (SSSR count). The zero-order valence-corrected chi connectivity index (χ0v) is 12.2. The maximum absolute atomic E-state index is 12.3. The van der Waals surface area contributed by atoms with Crippen LogP contribution in [0.1, 0.15) is 29.6 Å². The van der Waals surface area contributed by atoms with Gasteiger partial charge in [-0.05, 0) is 37.5 Å². The maximum atomic E-state index is 12.3. The first kappa shape index (κ1) is 14.1. The highest BCUT2D eigenvalue weighted by atomic mass is 35.5. The van der Waals surface area contributed by atoms with Gasteiger partial charge in [0.25, 0.3) is 11.7 Å². The number of hydrogen-bond acceptors (Lipinski definition) is 3. The number of piperidine rings is 1. The largest absolute Gasteiger partial charge is 0.341 e. The molecule has 0 atom stereocenters. The van der Waals surface area contributed by atoms with Crippen molar-refractivity contribution < 1.29 is 14.4 Å². The van der Waals surface area contributed by atoms with Crippen molar-refractivity contribution in [2.24, 2.45) is 0 Å². The van der Waals surface area contributed by atoms with Gasteiger partial charge in [0.05, 0.1) is 11.3 Å². The Hall–Kier alpha value is -1.88. The number of rotatable bonds is 2. The minimum atomic E-state index is -0.655. The summed E-state index contributed by atoms with van der Waals surface area (Å²) in [6.07, 6.45) is 3.11. The van der Waals surface area contributed by atoms with Crippen molar-refractivity contribution in [3.05, 3.63) is 28.8 Å². The lowest BCUT2D eigenvalue weighted by Crippen LogP contribution is -2.44. The number of Topliss-reactive ketones (excluding diaryl/α,β-unsaturated/α-hetero) is 1. The van der Waals surface area contributed by atoms with E-state index in [0.717, 1.165) is 32.4 Å². The normalized spacial score (nSPS) is 18.1. The molecule has 2 amide bonds. The Kier molecular flexibility index (Phi) is 3.68. The van der Waals surface area contributed by atoms with Crippen molar-refractivity contribution in [3.63, 3.8) is 0 Å². The molecule has 1 aromatic rings. The van der Waals surface area contributed by atoms with Crippen molar-refractivity contribution in [3.8, 4) is 0 Å². The average molecular weight is 307 g/mol. The second-order valence-corrected chi connectivity index (χ2v) is 5.76. The fraction of sp³-hybridized carbons (Fsp3) is 0.400. The molecule has 110 valence electrons. The van der Waals surface area contributed by atoms with Crippen LogP contribution in [0.25, 0.3) is 0 Å². The number of benzene rings is 1. The number of carbonyl (C=O) groups is 3. The number of likely N-dealkylation sites (tertiary alicyclic amines) is 1. The lowest BCUT2D eigenvalue weighted by Gasteiger charge is -2.28. The van der Waals surface area contributed by atoms with E-state index in [0.29, 0.717) is 10.7 Å². The van der Waals surface area contributed by atoms with Crippen LogP contribution in [-0.4, -0.2) is 42.1 Å². The summed E-state index contributed by atoms with van der Waals surface area (Å²) in [7, 11) is 0. The molecule has 2 heterocycles. The Balaban J connectivity index is 1.81. The van der Waals surface area contributed by atoms with Crippen molar-refractivity contribution in [1.29, 1.82) is 0 Å². The summed E-state index contributed by atoms with van der Waals surface area (Å²) >= 11 is 5.85. The minimum Gasteiger partial charge on any atom is -0.341 e. The van der Waals surface area contributed by atoms with Crippen molar-refractivity contribution in [2.75, 3.05) is 24.5 Å². The Morgan fingerprint density at radius 1 is 1.14 bits per heavy atom. The summed E-state index contributed by atoms with van der Waals surface area (Å²) in [6, 6.07) is 4.71. The van der Waals surface area contributed by atoms with Gasteiger partial charge in [-0.1, -0.05) is 11.6 Å². The Morgan fingerprint density at radius 3 is 2.57 bits per heavy atom. The van der Waals surface area contributed by atoms with Crippen molar-refractivity contribution in [2.45, 2.75) is 19.3 Å². The standard InChI is InChI=1S/C15H15ClN2O3/c16-10-4-5-12-11(8-10)14(20)15(21)18(12)9-13(19)17-6-2-1-3-7-17/h4-5,8H,1-3,6-7,9H2. The zero-order valence-electron chi connectivity index (χ0n) is 11.5. The van der Waals surface area contributed by atoms with Gasteiger partial charge in [0.1, 0.15) is 6.54 Å². The van der Waals surface area contributed by atoms with Gasteiger partial charge in [0, 0.05) is 18.1 Å². The molecule has 1 aromatic carbocycles. The fourth-order valence-electron chi connectivity index (χ4n) is 2.81. The van der Waals surface area contributed by atoms with E-state index in [1.807, 2.05) is 0 Å². The van der Waals surface area contributed by atoms with Gasteiger partial charge < -0.3 is 4.90 Å². The summed E-state index contributed by atoms with van der Waals surface area (Å²) < 4.78 is 0. The monoisotopic (exact) mass is 306 g/mol. The average Bonchev–Trinajstić information content (AvgIpc) is 2.73. The van der Waals surface area contributed by atoms with E-state index in [4.69, 9.17) is 11.6 Å². The van der Waals surface area contributed by atoms with Crippen LogP contribution in [0.2, 0.25) is 5.02 Å². The molecule has 1 fully saturated rings. The Labute approximate surface area is 127 Å². The molecule has 0 N–H and O–H groups in total. The molecule has 0 radical (unpaired) electrons. The Bertz CT molecular complexity index is 623. The lowest BCUT2D eigenvalue weighted by atomic mass is 10.1. The Morgan fingerprint density at radius 2 is 1.86 bits per heavy atom. The van der Waals surface area contributed by atoms with E-state index in [1.165, 1.54) is 11.0 Å². The summed E-state index contributed by atoms with van der Waals surface area (Å²) in [4.78, 5) is 39.3. The van der Waals surface area contributed by atoms with Gasteiger partial charge in [0.15, 0.2) is 0 Å². The first-order valence-corrected chi connectivity index (χ1v) is 7.39. The highest BCUT2D eigenvalue weighted by Crippen LogP contribution is 2.31. The molecule has 0 spiro atoms. The quantitative estimate of drug-likeness (QED) is 0.784. The molecule has 1 saturated heterocycles. The number of hydrogen-bond donors (Lipinski definition) is 0. The summed E-state index contributed by atoms with van der Waals surface area (Å²) in [6.45, 7) is 1.36. The number of carbonyl (C=O) groups excluding carboxylic acids is 3. The minimum absolute atomic E-state index is 0.0841. The van der Waals surface area contributed by atoms with Gasteiger partial charge in [0.2, 0.25) is 5.91 Å². The molecule has 0 aliphatic carbocycles. The molecule has 2 aliphatic heterocycles. The highest BCUT2D eigenvalue weighted by Gasteiger charge is 2.37. The number of fused-ring (bicyclic) bond motifs is 1. The van der Waals surface area contributed by atoms with E-state index < -0.39 is 11.7 Å². The number of amides is 2. The molecule has 5 nitrogen and oxygen atoms in total. The summed E-state index contributed by atoms with van der Waals surface area (Å²) in [5.74, 6) is -1.37. The fourth-order valence-corrected chi connectivity index (χ4v) is 2.98. The van der Waals surface area contributed by atoms with Gasteiger partial charge in [-0.2, -0.15) is 0 Å². The third-order valence-electron chi connectivity index (χ3n) is 3.94. The first-order chi connectivity index (χ1) is 10.1. The molecule has 0 unspecified atom stereocenters. The first-order valence-electron chi connectivity index (χ1n) is 7.01. The van der Waals surface area contributed by atoms with E-state index in [2.05, 4.69) is 0 Å². The molecular weight excluding hydrogens is 292 g/mol. The highest BCUT2D eigenvalue weighted by molar-refractivity contribution is 6.53. The topological polar surface area (TPSA) is 57.7 Å². The number of ketones is 1. The number of nitrogens with zero attached hydrogens (tertiary/aromatic N) is 2. The third kappa shape index (κ3) is 2.53. The van der Waals surface area contributed by atoms with E-state index in [9.17, 15) is 14.4 Å². The zero-order chi connectivity index (χ0) is 15.0. The molecule has 6 heteroatoms. The molecule has 0 aromatic heterocycles. The van der Waals surface area contributed by atoms with Gasteiger partial charge in [-0.15, -0.1) is 0 Å². The predicted octanol–water partition coefficient (Wildman–Crippen LogP) is 1.88. The predicted molar refractivity (Wildman–Crippen MR) is 78.6 cm³/mol. The van der Waals surface area contributed by atoms with Crippen molar-refractivity contribution >= 4 is 34.9 Å². The van der Waals surface area contributed by atoms with E-state index in [1.54, 1.807) is 17.0 Å². The smallest absolute Gasteiger partial charge is 0.299 e. The van der Waals surface area contributed by atoms with Crippen LogP contribution in [0.4, 0.5) is 5.69 Å². The van der Waals surface area contributed by atoms with Crippen LogP contribution in [0.5, 0.6) is 0 Å². The van der Waals surface area contributed by atoms with Crippen molar-refractivity contribution in [1.82, 2.24) is 4.90 Å². The lowest BCUT2D eigenvalue weighted by molar-refractivity contribution is -0.131. The van der Waals surface area contributed by atoms with Crippen LogP contribution in [0.15, 0.2) is 18.2 Å². The third-order valence-corrected chi connectivity index (χ3v) is 4.17. The van der Waals surface area contributed by atoms with E-state index >= 15 is 0 Å². The number of anilines is 1. The van der Waals surface area contributed by atoms with Gasteiger partial charge in [-0.3, -0.25) is 19.3 Å². The molecule has 21 heavy (non-hydrogen) atoms. The molecule has 2 aliphatic rings. The van der Waals surface area contributed by atoms with Gasteiger partial charge in [-0.25, -0.2) is 0 Å². The van der Waals surface area contributed by atoms with E-state index in [-0.39, 0.29) is 18.0 Å². The molecule has 0 bridgehead atoms. The second-order valence-electron chi connectivity index (χ2n) is 5.32. The SMILES string of the molecule is O=C1C(=O)N(CC(=O)N2CCCCC2)c2ccc(Cl)cc21. The number of halogens is 1. The van der Waals surface area contributed by atoms with Crippen LogP contribution >= 0.6 is 11.6 Å². The summed E-state index contributed by atoms with van der Waals surface area (Å²) in [5.41, 5.74) is 0.749. The maximum Gasteiger partial charge on any atom is 0.299 e. The molecule has 0 saturated carbocycles. The molecular formula is C15H15ClN2O3. The van der Waals surface area contributed by atoms with Gasteiger partial charge >= 0.3 is 0 Å². The van der Waals surface area contributed by atoms with Crippen LogP contribution in [-0.2, 0) is 9.59 Å². The van der Waals surface area contributed by atoms with Crippen LogP contribution < -0.4 is 4.90 Å². The second kappa shape index (κ2) is 5.48. The van der Waals surface area contributed by atoms with Crippen LogP contribution in [0, 0.1) is 0 Å². The van der Waals surface area contributed by atoms with Crippen LogP contribution in [0.3, 0.4) is 0 Å². The summed E-state index contributed by atoms with van der Waals surface area (Å²) in [5, 5.41) is 0.402.